The molecule has 0 amide bonds. The fourth-order valence-electron chi connectivity index (χ4n) is 3.45. The number of imidazole rings is 1. The number of nitrogens with zero attached hydrogens (tertiary/aromatic N) is 2. The van der Waals surface area contributed by atoms with Gasteiger partial charge in [0.1, 0.15) is 23.6 Å². The lowest BCUT2D eigenvalue weighted by atomic mass is 10.0. The summed E-state index contributed by atoms with van der Waals surface area (Å²) in [5.41, 5.74) is 3.98. The second kappa shape index (κ2) is 10.6. The van der Waals surface area contributed by atoms with Crippen LogP contribution in [-0.2, 0) is 4.74 Å². The number of aromatic nitrogens is 2. The predicted octanol–water partition coefficient (Wildman–Crippen LogP) is 6.51. The molecule has 0 N–H and O–H groups in total. The number of ether oxygens (including phenoxy) is 3. The van der Waals surface area contributed by atoms with Gasteiger partial charge in [-0.25, -0.2) is 4.98 Å². The Morgan fingerprint density at radius 1 is 1.00 bits per heavy atom. The first-order valence-corrected chi connectivity index (χ1v) is 11.5. The molecule has 3 aromatic rings. The van der Waals surface area contributed by atoms with Crippen LogP contribution in [0, 0.1) is 0 Å². The number of rotatable bonds is 9. The summed E-state index contributed by atoms with van der Waals surface area (Å²) in [4.78, 5) is 6.25. The Balaban J connectivity index is 2.29. The van der Waals surface area contributed by atoms with Crippen LogP contribution in [0.3, 0.4) is 0 Å². The summed E-state index contributed by atoms with van der Waals surface area (Å²) in [6.45, 7) is 6.77. The Kier molecular flexibility index (Phi) is 7.82. The second-order valence-electron chi connectivity index (χ2n) is 7.01. The summed E-state index contributed by atoms with van der Waals surface area (Å²) in [6, 6.07) is 16.1. The SMILES string of the molecule is CCOC(C)n1c(/C=C(/C)SC)nc(-c2ccc(OC)cc2)c1-c1ccc(OC)cc1. The van der Waals surface area contributed by atoms with Gasteiger partial charge in [0, 0.05) is 17.7 Å². The van der Waals surface area contributed by atoms with Crippen LogP contribution in [0.4, 0.5) is 0 Å². The van der Waals surface area contributed by atoms with Crippen molar-refractivity contribution in [2.45, 2.75) is 27.0 Å². The van der Waals surface area contributed by atoms with Crippen LogP contribution in [0.15, 0.2) is 53.4 Å². The first-order chi connectivity index (χ1) is 15.0. The Labute approximate surface area is 189 Å². The van der Waals surface area contributed by atoms with Crippen molar-refractivity contribution in [3.63, 3.8) is 0 Å². The lowest BCUT2D eigenvalue weighted by molar-refractivity contribution is 0.0255. The van der Waals surface area contributed by atoms with E-state index in [2.05, 4.69) is 42.9 Å². The molecule has 0 radical (unpaired) electrons. The second-order valence-corrected chi connectivity index (χ2v) is 8.06. The lowest BCUT2D eigenvalue weighted by Crippen LogP contribution is -2.12. The molecule has 0 bridgehead atoms. The lowest BCUT2D eigenvalue weighted by Gasteiger charge is -2.19. The molecule has 164 valence electrons. The molecule has 2 aromatic carbocycles. The summed E-state index contributed by atoms with van der Waals surface area (Å²) in [6.07, 6.45) is 4.00. The van der Waals surface area contributed by atoms with E-state index in [1.807, 2.05) is 43.3 Å². The number of hydrogen-bond acceptors (Lipinski definition) is 5. The van der Waals surface area contributed by atoms with Gasteiger partial charge in [-0.1, -0.05) is 0 Å². The highest BCUT2D eigenvalue weighted by atomic mass is 32.2. The fraction of sp³-hybridized carbons (Fsp3) is 0.320. The molecule has 1 heterocycles. The number of methoxy groups -OCH3 is 2. The van der Waals surface area contributed by atoms with Gasteiger partial charge in [-0.2, -0.15) is 0 Å². The summed E-state index contributed by atoms with van der Waals surface area (Å²) in [7, 11) is 3.34. The molecule has 0 aliphatic rings. The molecular formula is C25H30N2O3S. The van der Waals surface area contributed by atoms with E-state index in [0.29, 0.717) is 6.61 Å². The minimum atomic E-state index is -0.178. The Hall–Kier alpha value is -2.70. The standard InChI is InChI=1S/C25H30N2O3S/c1-7-30-18(3)27-23(16-17(2)31-6)26-24(19-8-12-21(28-4)13-9-19)25(27)20-10-14-22(29-5)15-11-20/h8-16,18H,7H2,1-6H3/b17-16-. The number of thioether (sulfide) groups is 1. The van der Waals surface area contributed by atoms with Crippen LogP contribution in [0.1, 0.15) is 32.8 Å². The minimum absolute atomic E-state index is 0.178. The van der Waals surface area contributed by atoms with Gasteiger partial charge in [-0.15, -0.1) is 11.8 Å². The molecule has 6 heteroatoms. The first-order valence-electron chi connectivity index (χ1n) is 10.3. The smallest absolute Gasteiger partial charge is 0.136 e. The topological polar surface area (TPSA) is 45.5 Å². The van der Waals surface area contributed by atoms with Crippen LogP contribution < -0.4 is 9.47 Å². The van der Waals surface area contributed by atoms with Crippen LogP contribution >= 0.6 is 11.8 Å². The zero-order chi connectivity index (χ0) is 22.4. The van der Waals surface area contributed by atoms with Crippen LogP contribution in [0.2, 0.25) is 0 Å². The van der Waals surface area contributed by atoms with Gasteiger partial charge in [-0.05, 0) is 86.5 Å². The molecule has 1 atom stereocenters. The average molecular weight is 439 g/mol. The average Bonchev–Trinajstić information content (AvgIpc) is 3.18. The largest absolute Gasteiger partial charge is 0.497 e. The number of hydrogen-bond donors (Lipinski definition) is 0. The maximum absolute atomic E-state index is 6.02. The summed E-state index contributed by atoms with van der Waals surface area (Å²) in [5, 5.41) is 0. The molecule has 3 rings (SSSR count). The summed E-state index contributed by atoms with van der Waals surface area (Å²) < 4.78 is 18.9. The van der Waals surface area contributed by atoms with Gasteiger partial charge in [0.2, 0.25) is 0 Å². The van der Waals surface area contributed by atoms with E-state index in [1.165, 1.54) is 4.91 Å². The van der Waals surface area contributed by atoms with Crippen molar-refractivity contribution >= 4 is 17.8 Å². The van der Waals surface area contributed by atoms with Gasteiger partial charge in [0.15, 0.2) is 0 Å². The maximum atomic E-state index is 6.02. The molecule has 0 spiro atoms. The molecule has 5 nitrogen and oxygen atoms in total. The van der Waals surface area contributed by atoms with E-state index >= 15 is 0 Å². The molecule has 0 fully saturated rings. The molecule has 1 aromatic heterocycles. The highest BCUT2D eigenvalue weighted by Crippen LogP contribution is 2.37. The summed E-state index contributed by atoms with van der Waals surface area (Å²) >= 11 is 1.70. The third kappa shape index (κ3) is 5.14. The Bertz CT molecular complexity index is 1020. The quantitative estimate of drug-likeness (QED) is 0.381. The highest BCUT2D eigenvalue weighted by Gasteiger charge is 2.23. The predicted molar refractivity (Wildman–Crippen MR) is 130 cm³/mol. The van der Waals surface area contributed by atoms with Crippen molar-refractivity contribution in [2.75, 3.05) is 27.1 Å². The van der Waals surface area contributed by atoms with Gasteiger partial charge in [-0.3, -0.25) is 4.57 Å². The normalized spacial score (nSPS) is 12.6. The number of benzene rings is 2. The zero-order valence-electron chi connectivity index (χ0n) is 19.0. The minimum Gasteiger partial charge on any atom is -0.497 e. The van der Waals surface area contributed by atoms with Crippen molar-refractivity contribution in [2.24, 2.45) is 0 Å². The van der Waals surface area contributed by atoms with E-state index in [4.69, 9.17) is 19.2 Å². The molecular weight excluding hydrogens is 408 g/mol. The van der Waals surface area contributed by atoms with E-state index in [9.17, 15) is 0 Å². The van der Waals surface area contributed by atoms with Crippen molar-refractivity contribution < 1.29 is 14.2 Å². The molecule has 0 saturated carbocycles. The van der Waals surface area contributed by atoms with Crippen LogP contribution in [0.25, 0.3) is 28.6 Å². The van der Waals surface area contributed by atoms with Crippen LogP contribution in [-0.4, -0.2) is 36.6 Å². The third-order valence-electron chi connectivity index (χ3n) is 5.09. The van der Waals surface area contributed by atoms with Crippen molar-refractivity contribution in [3.8, 4) is 34.0 Å². The Morgan fingerprint density at radius 3 is 2.03 bits per heavy atom. The molecule has 0 saturated heterocycles. The van der Waals surface area contributed by atoms with E-state index < -0.39 is 0 Å². The fourth-order valence-corrected chi connectivity index (χ4v) is 3.67. The van der Waals surface area contributed by atoms with Gasteiger partial charge >= 0.3 is 0 Å². The Morgan fingerprint density at radius 2 is 1.55 bits per heavy atom. The van der Waals surface area contributed by atoms with Gasteiger partial charge in [0.25, 0.3) is 0 Å². The first kappa shape index (κ1) is 23.0. The third-order valence-corrected chi connectivity index (χ3v) is 5.85. The van der Waals surface area contributed by atoms with Gasteiger partial charge < -0.3 is 14.2 Å². The monoisotopic (exact) mass is 438 g/mol. The zero-order valence-corrected chi connectivity index (χ0v) is 19.8. The van der Waals surface area contributed by atoms with Crippen molar-refractivity contribution in [3.05, 3.63) is 59.3 Å². The molecule has 0 aliphatic carbocycles. The summed E-state index contributed by atoms with van der Waals surface area (Å²) in [5.74, 6) is 2.50. The highest BCUT2D eigenvalue weighted by molar-refractivity contribution is 8.02. The maximum Gasteiger partial charge on any atom is 0.136 e. The number of allylic oxidation sites excluding steroid dienone is 1. The van der Waals surface area contributed by atoms with E-state index in [0.717, 1.165) is 39.8 Å². The molecule has 0 aliphatic heterocycles. The van der Waals surface area contributed by atoms with Crippen molar-refractivity contribution in [1.29, 1.82) is 0 Å². The van der Waals surface area contributed by atoms with E-state index in [1.54, 1.807) is 26.0 Å². The van der Waals surface area contributed by atoms with Crippen molar-refractivity contribution in [1.82, 2.24) is 9.55 Å². The van der Waals surface area contributed by atoms with E-state index in [-0.39, 0.29) is 6.23 Å². The van der Waals surface area contributed by atoms with Gasteiger partial charge in [0.05, 0.1) is 25.6 Å². The molecule has 1 unspecified atom stereocenters. The molecule has 31 heavy (non-hydrogen) atoms. The van der Waals surface area contributed by atoms with Crippen LogP contribution in [0.5, 0.6) is 11.5 Å².